The molecule has 37 heavy (non-hydrogen) atoms. The minimum Gasteiger partial charge on any atom is -0.330 e. The first-order valence-electron chi connectivity index (χ1n) is 11.2. The lowest BCUT2D eigenvalue weighted by molar-refractivity contribution is -0.137. The van der Waals surface area contributed by atoms with Gasteiger partial charge >= 0.3 is 6.18 Å². The van der Waals surface area contributed by atoms with Crippen molar-refractivity contribution in [1.82, 2.24) is 19.9 Å². The van der Waals surface area contributed by atoms with Gasteiger partial charge in [-0.2, -0.15) is 30.2 Å². The largest absolute Gasteiger partial charge is 0.417 e. The summed E-state index contributed by atoms with van der Waals surface area (Å²) in [5.41, 5.74) is -0.181. The Bertz CT molecular complexity index is 1380. The summed E-state index contributed by atoms with van der Waals surface area (Å²) >= 11 is 7.31. The molecule has 1 aliphatic heterocycles. The van der Waals surface area contributed by atoms with E-state index in [1.165, 1.54) is 6.07 Å². The second-order valence-corrected chi connectivity index (χ2v) is 10.3. The molecular weight excluding hydrogens is 521 g/mol. The molecule has 0 bridgehead atoms. The molecule has 0 N–H and O–H groups in total. The van der Waals surface area contributed by atoms with Crippen molar-refractivity contribution in [3.8, 4) is 11.8 Å². The quantitative estimate of drug-likeness (QED) is 0.389. The highest BCUT2D eigenvalue weighted by Crippen LogP contribution is 2.38. The maximum Gasteiger partial charge on any atom is 0.417 e. The van der Waals surface area contributed by atoms with E-state index in [9.17, 15) is 18.0 Å². The van der Waals surface area contributed by atoms with E-state index in [-0.39, 0.29) is 17.3 Å². The van der Waals surface area contributed by atoms with Crippen molar-refractivity contribution in [3.05, 3.63) is 71.0 Å². The molecule has 1 aromatic heterocycles. The van der Waals surface area contributed by atoms with Crippen molar-refractivity contribution in [3.63, 3.8) is 0 Å². The number of anilines is 1. The van der Waals surface area contributed by atoms with Crippen molar-refractivity contribution in [2.75, 3.05) is 16.9 Å². The number of benzene rings is 2. The van der Waals surface area contributed by atoms with E-state index in [0.29, 0.717) is 0 Å². The summed E-state index contributed by atoms with van der Waals surface area (Å²) in [4.78, 5) is 16.1. The number of amides is 1. The van der Waals surface area contributed by atoms with Crippen LogP contribution < -0.4 is 4.90 Å². The second kappa shape index (κ2) is 10.1. The molecule has 1 fully saturated rings. The molecule has 0 atom stereocenters. The van der Waals surface area contributed by atoms with Crippen LogP contribution in [0.25, 0.3) is 5.69 Å². The van der Waals surface area contributed by atoms with Crippen LogP contribution in [-0.4, -0.2) is 48.5 Å². The first-order valence-corrected chi connectivity index (χ1v) is 13.0. The summed E-state index contributed by atoms with van der Waals surface area (Å²) in [7, 11) is 0. The monoisotopic (exact) mass is 544 g/mol. The number of aryl methyl sites for hydroxylation is 1. The van der Waals surface area contributed by atoms with Crippen molar-refractivity contribution in [1.29, 1.82) is 5.26 Å². The summed E-state index contributed by atoms with van der Waals surface area (Å²) in [5, 5.41) is 17.5. The Labute approximate surface area is 221 Å². The minimum atomic E-state index is -4.75. The number of carbonyl (C=O) groups is 1. The van der Waals surface area contributed by atoms with Crippen LogP contribution in [-0.2, 0) is 23.9 Å². The minimum absolute atomic E-state index is 0.0318. The van der Waals surface area contributed by atoms with Crippen LogP contribution in [0.5, 0.6) is 0 Å². The maximum atomic E-state index is 13.5. The van der Waals surface area contributed by atoms with Crippen LogP contribution in [0.3, 0.4) is 0 Å². The van der Waals surface area contributed by atoms with Gasteiger partial charge in [-0.15, -0.1) is 5.10 Å². The molecule has 0 spiro atoms. The number of thioether (sulfide) groups is 1. The zero-order valence-electron chi connectivity index (χ0n) is 20.3. The fourth-order valence-corrected chi connectivity index (χ4v) is 4.91. The number of nitrogens with zero attached hydrogens (tertiary/aromatic N) is 6. The molecule has 0 unspecified atom stereocenters. The Morgan fingerprint density at radius 2 is 1.81 bits per heavy atom. The van der Waals surface area contributed by atoms with E-state index in [0.717, 1.165) is 46.2 Å². The van der Waals surface area contributed by atoms with E-state index in [1.54, 1.807) is 41.3 Å². The third-order valence-electron chi connectivity index (χ3n) is 6.16. The van der Waals surface area contributed by atoms with E-state index in [1.807, 2.05) is 36.7 Å². The highest BCUT2D eigenvalue weighted by atomic mass is 32.2. The lowest BCUT2D eigenvalue weighted by Crippen LogP contribution is -2.43. The van der Waals surface area contributed by atoms with Crippen LogP contribution in [0.2, 0.25) is 0 Å². The molecule has 0 aliphatic carbocycles. The van der Waals surface area contributed by atoms with Gasteiger partial charge in [0.15, 0.2) is 5.11 Å². The van der Waals surface area contributed by atoms with Crippen molar-refractivity contribution in [2.24, 2.45) is 0 Å². The van der Waals surface area contributed by atoms with Gasteiger partial charge in [0.2, 0.25) is 0 Å². The zero-order valence-corrected chi connectivity index (χ0v) is 21.9. The lowest BCUT2D eigenvalue weighted by Gasteiger charge is -2.29. The molecule has 4 rings (SSSR count). The molecule has 0 saturated carbocycles. The Kier molecular flexibility index (Phi) is 7.30. The Morgan fingerprint density at radius 1 is 1.14 bits per heavy atom. The Hall–Kier alpha value is -3.43. The van der Waals surface area contributed by atoms with Crippen LogP contribution >= 0.6 is 24.0 Å². The molecule has 12 heteroatoms. The predicted octanol–water partition coefficient (Wildman–Crippen LogP) is 4.98. The normalized spacial score (nSPS) is 15.4. The number of hydrogen-bond donors (Lipinski definition) is 0. The summed E-state index contributed by atoms with van der Waals surface area (Å²) < 4.78 is 42.2. The van der Waals surface area contributed by atoms with Crippen molar-refractivity contribution < 1.29 is 18.0 Å². The number of aromatic nitrogens is 3. The molecule has 0 radical (unpaired) electrons. The van der Waals surface area contributed by atoms with Crippen LogP contribution in [0, 0.1) is 11.3 Å². The lowest BCUT2D eigenvalue weighted by atomic mass is 10.0. The number of alkyl halides is 3. The van der Waals surface area contributed by atoms with Crippen molar-refractivity contribution >= 4 is 40.7 Å². The van der Waals surface area contributed by atoms with Gasteiger partial charge in [0, 0.05) is 13.0 Å². The average molecular weight is 545 g/mol. The third kappa shape index (κ3) is 5.19. The van der Waals surface area contributed by atoms with Gasteiger partial charge in [0.05, 0.1) is 40.5 Å². The summed E-state index contributed by atoms with van der Waals surface area (Å²) in [6.45, 7) is 3.62. The number of carbonyl (C=O) groups excluding carboxylic acids is 1. The SMILES string of the molecule is CSCCc1cn(-c2ccc(CN3C(=S)N(c4ccc(C#N)c(C(F)(F)F)c4)C(=O)C3(C)C)cc2)nn1. The first-order chi connectivity index (χ1) is 17.5. The average Bonchev–Trinajstić information content (AvgIpc) is 3.40. The van der Waals surface area contributed by atoms with Gasteiger partial charge in [0.25, 0.3) is 5.91 Å². The van der Waals surface area contributed by atoms with E-state index in [4.69, 9.17) is 17.5 Å². The number of nitriles is 1. The molecule has 192 valence electrons. The van der Waals surface area contributed by atoms with E-state index in [2.05, 4.69) is 10.3 Å². The number of halogens is 3. The molecular formula is C25H23F3N6OS2. The van der Waals surface area contributed by atoms with E-state index < -0.39 is 28.7 Å². The summed E-state index contributed by atoms with van der Waals surface area (Å²) in [6, 6.07) is 12.2. The second-order valence-electron chi connectivity index (χ2n) is 8.97. The van der Waals surface area contributed by atoms with E-state index >= 15 is 0 Å². The molecule has 1 saturated heterocycles. The summed E-state index contributed by atoms with van der Waals surface area (Å²) in [6.07, 6.45) is -0.00209. The van der Waals surface area contributed by atoms with Gasteiger partial charge in [-0.05, 0) is 74.0 Å². The van der Waals surface area contributed by atoms with Gasteiger partial charge in [-0.1, -0.05) is 17.3 Å². The van der Waals surface area contributed by atoms with Gasteiger partial charge in [-0.25, -0.2) is 4.68 Å². The predicted molar refractivity (Wildman–Crippen MR) is 139 cm³/mol. The van der Waals surface area contributed by atoms with Gasteiger partial charge in [-0.3, -0.25) is 9.69 Å². The number of rotatable bonds is 7. The Morgan fingerprint density at radius 3 is 2.43 bits per heavy atom. The molecule has 3 aromatic rings. The molecule has 1 aliphatic rings. The molecule has 2 aromatic carbocycles. The maximum absolute atomic E-state index is 13.5. The first kappa shape index (κ1) is 26.6. The highest BCUT2D eigenvalue weighted by molar-refractivity contribution is 7.98. The Balaban J connectivity index is 1.57. The zero-order chi connectivity index (χ0) is 27.0. The van der Waals surface area contributed by atoms with Crippen LogP contribution in [0.15, 0.2) is 48.7 Å². The highest BCUT2D eigenvalue weighted by Gasteiger charge is 2.49. The smallest absolute Gasteiger partial charge is 0.330 e. The number of hydrogen-bond acceptors (Lipinski definition) is 6. The summed E-state index contributed by atoms with van der Waals surface area (Å²) in [5.74, 6) is 0.506. The molecule has 7 nitrogen and oxygen atoms in total. The van der Waals surface area contributed by atoms with Crippen LogP contribution in [0.1, 0.15) is 36.2 Å². The van der Waals surface area contributed by atoms with Gasteiger partial charge in [0.1, 0.15) is 5.54 Å². The standard InChI is InChI=1S/C25H23F3N6OS2/c1-24(2)22(35)34(20-9-6-17(13-29)21(12-20)25(26,27)28)23(36)32(24)14-16-4-7-19(8-5-16)33-15-18(30-31-33)10-11-37-3/h4-9,12,15H,10-11,14H2,1-3H3. The fourth-order valence-electron chi connectivity index (χ4n) is 4.01. The topological polar surface area (TPSA) is 78.0 Å². The molecule has 1 amide bonds. The third-order valence-corrected chi connectivity index (χ3v) is 7.17. The fraction of sp³-hybridized carbons (Fsp3) is 0.320. The van der Waals surface area contributed by atoms with Gasteiger partial charge < -0.3 is 4.90 Å². The van der Waals surface area contributed by atoms with Crippen molar-refractivity contribution in [2.45, 2.75) is 38.5 Å². The molecule has 2 heterocycles. The van der Waals surface area contributed by atoms with Crippen LogP contribution in [0.4, 0.5) is 18.9 Å². The number of thiocarbonyl (C=S) groups is 1.